The van der Waals surface area contributed by atoms with Gasteiger partial charge in [0.25, 0.3) is 0 Å². The molecule has 9 aromatic carbocycles. The van der Waals surface area contributed by atoms with Gasteiger partial charge in [-0.05, 0) is 134 Å². The number of fused-ring (bicyclic) bond motifs is 3. The molecule has 0 aromatic heterocycles. The van der Waals surface area contributed by atoms with Gasteiger partial charge in [0.05, 0.1) is 17.0 Å². The maximum absolute atomic E-state index is 9.41. The Labute approximate surface area is 387 Å². The van der Waals surface area contributed by atoms with Gasteiger partial charge in [-0.3, -0.25) is 0 Å². The Balaban J connectivity index is 0.941. The number of nitrogens with one attached hydrogen (secondary N) is 2. The van der Waals surface area contributed by atoms with Gasteiger partial charge < -0.3 is 10.6 Å². The molecule has 2 N–H and O–H groups in total. The fourth-order valence-electron chi connectivity index (χ4n) is 10.3. The highest BCUT2D eigenvalue weighted by Gasteiger charge is 2.46. The summed E-state index contributed by atoms with van der Waals surface area (Å²) in [6, 6.07) is 82.5. The molecule has 0 saturated carbocycles. The van der Waals surface area contributed by atoms with E-state index in [1.165, 1.54) is 55.7 Å². The molecule has 1 unspecified atom stereocenters. The first-order chi connectivity index (χ1) is 32.5. The topological polar surface area (TPSA) is 47.8 Å². The second kappa shape index (κ2) is 17.3. The Morgan fingerprint density at radius 3 is 1.79 bits per heavy atom. The van der Waals surface area contributed by atoms with E-state index in [0.717, 1.165) is 51.4 Å². The largest absolute Gasteiger partial charge is 0.355 e. The van der Waals surface area contributed by atoms with Crippen molar-refractivity contribution < 1.29 is 0 Å². The lowest BCUT2D eigenvalue weighted by atomic mass is 9.67. The van der Waals surface area contributed by atoms with Gasteiger partial charge in [0.2, 0.25) is 0 Å². The van der Waals surface area contributed by atoms with Crippen LogP contribution in [0.5, 0.6) is 0 Å². The molecule has 2 aliphatic carbocycles. The minimum atomic E-state index is -0.475. The Bertz CT molecular complexity index is 3300. The molecule has 0 aliphatic heterocycles. The molecule has 0 spiro atoms. The number of allylic oxidation sites excluding steroid dienone is 4. The first-order valence-corrected chi connectivity index (χ1v) is 22.8. The highest BCUT2D eigenvalue weighted by Crippen LogP contribution is 2.56. The predicted octanol–water partition coefficient (Wildman–Crippen LogP) is 16.2. The number of benzene rings is 9. The van der Waals surface area contributed by atoms with Crippen molar-refractivity contribution in [2.75, 3.05) is 10.6 Å². The van der Waals surface area contributed by atoms with Gasteiger partial charge >= 0.3 is 0 Å². The standard InChI is InChI=1S/C63H47N3/c1-43-36-49(39-50(37-43)55-24-12-14-27-61(55)65-53-31-28-45(29-32-53)47-19-15-16-44(38-47)42-64)48-30-35-62(58(40-48)46-17-5-2-6-18-46)66-54-33-34-57-56-25-11-13-26-59(56)63(60(57)41-54,51-20-7-3-8-21-51)52-22-9-4-10-23-52/h2-36,38-41,43,65-66H,37H2,1H3. The van der Waals surface area contributed by atoms with Crippen molar-refractivity contribution in [2.24, 2.45) is 5.92 Å². The summed E-state index contributed by atoms with van der Waals surface area (Å²) in [5, 5.41) is 17.1. The van der Waals surface area contributed by atoms with Gasteiger partial charge in [0.1, 0.15) is 0 Å². The normalized spacial score (nSPS) is 14.5. The highest BCUT2D eigenvalue weighted by atomic mass is 14.9. The number of hydrogen-bond donors (Lipinski definition) is 2. The van der Waals surface area contributed by atoms with Crippen LogP contribution >= 0.6 is 0 Å². The van der Waals surface area contributed by atoms with Crippen LogP contribution in [0.25, 0.3) is 44.5 Å². The van der Waals surface area contributed by atoms with Gasteiger partial charge in [-0.1, -0.05) is 189 Å². The molecule has 66 heavy (non-hydrogen) atoms. The van der Waals surface area contributed by atoms with E-state index >= 15 is 0 Å². The second-order valence-corrected chi connectivity index (χ2v) is 17.5. The van der Waals surface area contributed by atoms with Crippen molar-refractivity contribution in [1.29, 1.82) is 5.26 Å². The van der Waals surface area contributed by atoms with E-state index in [9.17, 15) is 5.26 Å². The Morgan fingerprint density at radius 1 is 0.455 bits per heavy atom. The van der Waals surface area contributed by atoms with Crippen LogP contribution in [-0.2, 0) is 5.41 Å². The summed E-state index contributed by atoms with van der Waals surface area (Å²) >= 11 is 0. The lowest BCUT2D eigenvalue weighted by molar-refractivity contribution is 0.752. The van der Waals surface area contributed by atoms with Crippen LogP contribution in [0.4, 0.5) is 22.7 Å². The van der Waals surface area contributed by atoms with Crippen molar-refractivity contribution in [3.8, 4) is 39.4 Å². The van der Waals surface area contributed by atoms with Crippen molar-refractivity contribution in [1.82, 2.24) is 0 Å². The number of rotatable bonds is 10. The molecule has 9 aromatic rings. The van der Waals surface area contributed by atoms with Crippen molar-refractivity contribution >= 4 is 33.9 Å². The van der Waals surface area contributed by atoms with E-state index in [1.807, 2.05) is 24.3 Å². The lowest BCUT2D eigenvalue weighted by Gasteiger charge is -2.34. The van der Waals surface area contributed by atoms with E-state index in [-0.39, 0.29) is 0 Å². The van der Waals surface area contributed by atoms with Crippen LogP contribution in [0.2, 0.25) is 0 Å². The number of hydrogen-bond acceptors (Lipinski definition) is 3. The van der Waals surface area contributed by atoms with Crippen LogP contribution < -0.4 is 10.6 Å². The van der Waals surface area contributed by atoms with Crippen LogP contribution in [0.15, 0.2) is 237 Å². The van der Waals surface area contributed by atoms with Crippen LogP contribution in [0.3, 0.4) is 0 Å². The molecule has 3 nitrogen and oxygen atoms in total. The van der Waals surface area contributed by atoms with Gasteiger partial charge in [-0.25, -0.2) is 0 Å². The molecule has 0 amide bonds. The molecule has 3 heteroatoms. The summed E-state index contributed by atoms with van der Waals surface area (Å²) in [5.74, 6) is 0.347. The van der Waals surface area contributed by atoms with Crippen molar-refractivity contribution in [3.05, 3.63) is 276 Å². The maximum atomic E-state index is 9.41. The van der Waals surface area contributed by atoms with Gasteiger partial charge in [0, 0.05) is 33.9 Å². The molecule has 1 atom stereocenters. The molecule has 11 rings (SSSR count). The van der Waals surface area contributed by atoms with Gasteiger partial charge in [0.15, 0.2) is 0 Å². The Morgan fingerprint density at radius 2 is 1.05 bits per heavy atom. The van der Waals surface area contributed by atoms with Gasteiger partial charge in [-0.2, -0.15) is 5.26 Å². The zero-order valence-corrected chi connectivity index (χ0v) is 36.7. The molecule has 0 heterocycles. The molecular formula is C63H47N3. The molecule has 314 valence electrons. The summed E-state index contributed by atoms with van der Waals surface area (Å²) in [5.41, 5.74) is 21.3. The molecule has 0 fully saturated rings. The quantitative estimate of drug-likeness (QED) is 0.144. The summed E-state index contributed by atoms with van der Waals surface area (Å²) in [6.45, 7) is 2.31. The zero-order chi connectivity index (χ0) is 44.5. The lowest BCUT2D eigenvalue weighted by Crippen LogP contribution is -2.28. The van der Waals surface area contributed by atoms with Crippen LogP contribution in [0.1, 0.15) is 52.3 Å². The third kappa shape index (κ3) is 7.39. The third-order valence-corrected chi connectivity index (χ3v) is 13.3. The third-order valence-electron chi connectivity index (χ3n) is 13.3. The van der Waals surface area contributed by atoms with Crippen LogP contribution in [0, 0.1) is 17.2 Å². The Kier molecular flexibility index (Phi) is 10.5. The number of nitrogens with zero attached hydrogens (tertiary/aromatic N) is 1. The minimum absolute atomic E-state index is 0.347. The number of para-hydroxylation sites is 1. The van der Waals surface area contributed by atoms with Crippen molar-refractivity contribution in [3.63, 3.8) is 0 Å². The van der Waals surface area contributed by atoms with E-state index < -0.39 is 5.41 Å². The number of anilines is 4. The number of nitriles is 1. The average Bonchev–Trinajstić information content (AvgIpc) is 3.67. The fraction of sp³-hybridized carbons (Fsp3) is 0.0635. The molecule has 0 radical (unpaired) electrons. The summed E-state index contributed by atoms with van der Waals surface area (Å²) in [6.07, 6.45) is 5.74. The zero-order valence-electron chi connectivity index (χ0n) is 36.7. The summed E-state index contributed by atoms with van der Waals surface area (Å²) < 4.78 is 0. The average molecular weight is 846 g/mol. The first kappa shape index (κ1) is 40.3. The summed E-state index contributed by atoms with van der Waals surface area (Å²) in [7, 11) is 0. The smallest absolute Gasteiger partial charge is 0.0991 e. The SMILES string of the molecule is CC1C=C(c2ccc(Nc3ccc4c(c3)C(c3ccccc3)(c3ccccc3)c3ccccc3-4)c(-c3ccccc3)c2)C=C(c2ccccc2Nc2ccc(-c3cccc(C#N)c3)cc2)C1. The van der Waals surface area contributed by atoms with E-state index in [1.54, 1.807) is 0 Å². The van der Waals surface area contributed by atoms with E-state index in [2.05, 4.69) is 236 Å². The minimum Gasteiger partial charge on any atom is -0.355 e. The van der Waals surface area contributed by atoms with Crippen molar-refractivity contribution in [2.45, 2.75) is 18.8 Å². The predicted molar refractivity (Wildman–Crippen MR) is 275 cm³/mol. The second-order valence-electron chi connectivity index (χ2n) is 17.5. The maximum Gasteiger partial charge on any atom is 0.0991 e. The van der Waals surface area contributed by atoms with E-state index in [4.69, 9.17) is 0 Å². The van der Waals surface area contributed by atoms with Crippen LogP contribution in [-0.4, -0.2) is 0 Å². The molecule has 2 aliphatic rings. The summed E-state index contributed by atoms with van der Waals surface area (Å²) in [4.78, 5) is 0. The fourth-order valence-corrected chi connectivity index (χ4v) is 10.3. The monoisotopic (exact) mass is 845 g/mol. The molecule has 0 saturated heterocycles. The van der Waals surface area contributed by atoms with Gasteiger partial charge in [-0.15, -0.1) is 0 Å². The highest BCUT2D eigenvalue weighted by molar-refractivity contribution is 5.93. The molecule has 0 bridgehead atoms. The first-order valence-electron chi connectivity index (χ1n) is 22.8. The molecular weight excluding hydrogens is 799 g/mol. The van der Waals surface area contributed by atoms with E-state index in [0.29, 0.717) is 11.5 Å². The Hall–Kier alpha value is -8.45.